The lowest BCUT2D eigenvalue weighted by atomic mass is 10.2. The van der Waals surface area contributed by atoms with Crippen LogP contribution in [0.1, 0.15) is 51.9 Å². The fourth-order valence-electron chi connectivity index (χ4n) is 3.11. The molecule has 2 atom stereocenters. The van der Waals surface area contributed by atoms with Crippen LogP contribution in [0.2, 0.25) is 0 Å². The molecule has 2 unspecified atom stereocenters. The van der Waals surface area contributed by atoms with Crippen molar-refractivity contribution in [3.8, 4) is 11.5 Å². The molecule has 0 saturated carbocycles. The van der Waals surface area contributed by atoms with Gasteiger partial charge in [-0.1, -0.05) is 32.3 Å². The maximum atomic E-state index is 11.1. The first-order chi connectivity index (χ1) is 15.5. The Bertz CT molecular complexity index is 742. The highest BCUT2D eigenvalue weighted by Crippen LogP contribution is 2.45. The topological polar surface area (TPSA) is 94.5 Å². The Labute approximate surface area is 203 Å². The number of aliphatic carboxylic acids is 1. The molecule has 0 saturated heterocycles. The Balaban J connectivity index is 2.31. The number of carbonyl (C=O) groups is 1. The summed E-state index contributed by atoms with van der Waals surface area (Å²) in [5.41, 5.74) is 0. The monoisotopic (exact) mass is 506 g/mol. The van der Waals surface area contributed by atoms with Gasteiger partial charge < -0.3 is 28.5 Å². The van der Waals surface area contributed by atoms with Crippen molar-refractivity contribution in [3.63, 3.8) is 0 Å². The van der Waals surface area contributed by atoms with Gasteiger partial charge in [0.15, 0.2) is 0 Å². The van der Waals surface area contributed by atoms with Gasteiger partial charge in [-0.05, 0) is 43.2 Å². The summed E-state index contributed by atoms with van der Waals surface area (Å²) in [6.45, 7) is 0.464. The van der Waals surface area contributed by atoms with E-state index in [1.54, 1.807) is 0 Å². The van der Waals surface area contributed by atoms with Gasteiger partial charge in [0.1, 0.15) is 24.1 Å². The number of carboxylic acid groups (broad SMARTS) is 1. The molecule has 0 aromatic heterocycles. The molecule has 0 aliphatic carbocycles. The van der Waals surface area contributed by atoms with Gasteiger partial charge in [0.05, 0.1) is 47.4 Å². The van der Waals surface area contributed by atoms with Gasteiger partial charge in [0.2, 0.25) is 0 Å². The molecule has 2 N–H and O–H groups in total. The molecule has 0 heterocycles. The van der Waals surface area contributed by atoms with Crippen molar-refractivity contribution in [1.82, 2.24) is 0 Å². The summed E-state index contributed by atoms with van der Waals surface area (Å²) in [7, 11) is 5.74. The SMILES string of the molecule is CCCCCCOc1cccc(OCCCCOP(O)(=S)OC(CC(=O)O)C[N+](C)(C)C)c1. The lowest BCUT2D eigenvalue weighted by Crippen LogP contribution is -2.42. The number of carboxylic acids is 1. The minimum Gasteiger partial charge on any atom is -0.493 e. The first kappa shape index (κ1) is 29.8. The molecule has 10 heteroatoms. The fourth-order valence-corrected chi connectivity index (χ4v) is 4.63. The van der Waals surface area contributed by atoms with E-state index in [1.165, 1.54) is 19.3 Å². The third-order valence-corrected chi connectivity index (χ3v) is 6.22. The van der Waals surface area contributed by atoms with Crippen molar-refractivity contribution in [2.24, 2.45) is 0 Å². The number of rotatable bonds is 19. The fraction of sp³-hybridized carbons (Fsp3) is 0.696. The zero-order chi connectivity index (χ0) is 24.7. The molecular weight excluding hydrogens is 465 g/mol. The average molecular weight is 507 g/mol. The van der Waals surface area contributed by atoms with Gasteiger partial charge in [-0.15, -0.1) is 0 Å². The lowest BCUT2D eigenvalue weighted by molar-refractivity contribution is -0.873. The van der Waals surface area contributed by atoms with Crippen LogP contribution in [0.15, 0.2) is 24.3 Å². The van der Waals surface area contributed by atoms with E-state index in [0.717, 1.165) is 17.9 Å². The first-order valence-electron chi connectivity index (χ1n) is 11.5. The molecule has 33 heavy (non-hydrogen) atoms. The molecule has 0 aliphatic heterocycles. The number of ether oxygens (including phenoxy) is 2. The molecule has 190 valence electrons. The molecule has 8 nitrogen and oxygen atoms in total. The molecule has 0 fully saturated rings. The maximum absolute atomic E-state index is 11.1. The van der Waals surface area contributed by atoms with Crippen LogP contribution in [-0.2, 0) is 25.6 Å². The van der Waals surface area contributed by atoms with Crippen molar-refractivity contribution in [1.29, 1.82) is 0 Å². The van der Waals surface area contributed by atoms with Crippen molar-refractivity contribution < 1.29 is 37.8 Å². The summed E-state index contributed by atoms with van der Waals surface area (Å²) in [4.78, 5) is 21.4. The summed E-state index contributed by atoms with van der Waals surface area (Å²) < 4.78 is 22.9. The van der Waals surface area contributed by atoms with Crippen molar-refractivity contribution in [2.75, 3.05) is 47.5 Å². The second-order valence-corrected chi connectivity index (χ2v) is 11.8. The van der Waals surface area contributed by atoms with Crippen LogP contribution in [0, 0.1) is 0 Å². The number of benzene rings is 1. The number of hydrogen-bond acceptors (Lipinski definition) is 6. The molecule has 0 bridgehead atoms. The largest absolute Gasteiger partial charge is 0.493 e. The minimum absolute atomic E-state index is 0.211. The highest BCUT2D eigenvalue weighted by molar-refractivity contribution is 8.07. The van der Waals surface area contributed by atoms with E-state index in [4.69, 9.17) is 35.4 Å². The van der Waals surface area contributed by atoms with Crippen molar-refractivity contribution in [3.05, 3.63) is 24.3 Å². The molecule has 0 radical (unpaired) electrons. The van der Waals surface area contributed by atoms with Crippen LogP contribution in [0.4, 0.5) is 0 Å². The molecular formula is C23H41NO7PS+. The molecule has 1 rings (SSSR count). The van der Waals surface area contributed by atoms with Crippen LogP contribution in [0.5, 0.6) is 11.5 Å². The van der Waals surface area contributed by atoms with Crippen LogP contribution in [0.25, 0.3) is 0 Å². The molecule has 1 aromatic rings. The van der Waals surface area contributed by atoms with E-state index in [0.29, 0.717) is 37.1 Å². The summed E-state index contributed by atoms with van der Waals surface area (Å²) in [6, 6.07) is 7.60. The Morgan fingerprint density at radius 3 is 2.15 bits per heavy atom. The van der Waals surface area contributed by atoms with E-state index >= 15 is 0 Å². The zero-order valence-corrected chi connectivity index (χ0v) is 22.1. The predicted molar refractivity (Wildman–Crippen MR) is 133 cm³/mol. The van der Waals surface area contributed by atoms with Gasteiger partial charge in [-0.2, -0.15) is 0 Å². The lowest BCUT2D eigenvalue weighted by Gasteiger charge is -2.30. The van der Waals surface area contributed by atoms with Gasteiger partial charge in [0.25, 0.3) is 0 Å². The average Bonchev–Trinajstić information content (AvgIpc) is 2.68. The highest BCUT2D eigenvalue weighted by atomic mass is 32.5. The summed E-state index contributed by atoms with van der Waals surface area (Å²) >= 11 is 5.07. The minimum atomic E-state index is -3.52. The van der Waals surface area contributed by atoms with E-state index in [-0.39, 0.29) is 13.0 Å². The van der Waals surface area contributed by atoms with Crippen molar-refractivity contribution >= 4 is 24.5 Å². The number of quaternary nitrogens is 1. The molecule has 1 aromatic carbocycles. The third kappa shape index (κ3) is 16.1. The molecule has 0 amide bonds. The molecule has 0 aliphatic rings. The van der Waals surface area contributed by atoms with Gasteiger partial charge >= 0.3 is 12.7 Å². The predicted octanol–water partition coefficient (Wildman–Crippen LogP) is 4.60. The van der Waals surface area contributed by atoms with Gasteiger partial charge in [-0.25, -0.2) is 0 Å². The summed E-state index contributed by atoms with van der Waals surface area (Å²) in [5.74, 6) is 0.538. The van der Waals surface area contributed by atoms with Gasteiger partial charge in [-0.3, -0.25) is 9.32 Å². The van der Waals surface area contributed by atoms with E-state index in [1.807, 2.05) is 45.4 Å². The Hall–Kier alpha value is -1.22. The Kier molecular flexibility index (Phi) is 14.1. The second-order valence-electron chi connectivity index (χ2n) is 9.04. The van der Waals surface area contributed by atoms with Crippen LogP contribution in [0.3, 0.4) is 0 Å². The van der Waals surface area contributed by atoms with E-state index in [9.17, 15) is 9.69 Å². The Morgan fingerprint density at radius 2 is 1.61 bits per heavy atom. The number of likely N-dealkylation sites (N-methyl/N-ethyl adjacent to an activating group) is 1. The normalized spacial score (nSPS) is 14.5. The second kappa shape index (κ2) is 15.6. The smallest absolute Gasteiger partial charge is 0.325 e. The standard InChI is InChI=1S/C23H40NO7PS/c1-5-6-7-8-14-28-20-12-11-13-21(17-20)29-15-9-10-16-30-32(27,33)31-22(18-23(25)26)19-24(2,3)4/h11-13,17,22H,5-10,14-16,18-19H2,1-4H3,(H-,25,26,27,33)/p+1. The zero-order valence-electron chi connectivity index (χ0n) is 20.4. The first-order valence-corrected chi connectivity index (χ1v) is 14.1. The Morgan fingerprint density at radius 1 is 1.03 bits per heavy atom. The highest BCUT2D eigenvalue weighted by Gasteiger charge is 2.28. The number of unbranched alkanes of at least 4 members (excludes halogenated alkanes) is 4. The van der Waals surface area contributed by atoms with Crippen LogP contribution in [-0.4, -0.2) is 74.1 Å². The van der Waals surface area contributed by atoms with Crippen LogP contribution >= 0.6 is 6.72 Å². The summed E-state index contributed by atoms with van der Waals surface area (Å²) in [6.07, 6.45) is 5.02. The quantitative estimate of drug-likeness (QED) is 0.160. The van der Waals surface area contributed by atoms with E-state index in [2.05, 4.69) is 6.92 Å². The maximum Gasteiger partial charge on any atom is 0.325 e. The number of nitrogens with zero attached hydrogens (tertiary/aromatic N) is 1. The number of hydrogen-bond donors (Lipinski definition) is 2. The molecule has 0 spiro atoms. The van der Waals surface area contributed by atoms with Crippen LogP contribution < -0.4 is 9.47 Å². The third-order valence-electron chi connectivity index (χ3n) is 4.57. The van der Waals surface area contributed by atoms with E-state index < -0.39 is 18.8 Å². The van der Waals surface area contributed by atoms with Gasteiger partial charge in [0, 0.05) is 6.07 Å². The summed E-state index contributed by atoms with van der Waals surface area (Å²) in [5, 5.41) is 9.08. The van der Waals surface area contributed by atoms with Crippen molar-refractivity contribution in [2.45, 2.75) is 58.0 Å².